The molecule has 2 aromatic carbocycles. The standard InChI is InChI=1S/C22H30N2O3S/c1-3-27-17-24-21(16-28-15-19-7-5-4-6-8-19)22(25)23-14-13-18-9-11-20(26-2)12-10-18/h4-12,21,24H,3,13-17H2,1-2H3,(H,23,25). The molecule has 152 valence electrons. The Labute approximate surface area is 172 Å². The van der Waals surface area contributed by atoms with Gasteiger partial charge in [-0.3, -0.25) is 10.1 Å². The molecule has 1 unspecified atom stereocenters. The van der Waals surface area contributed by atoms with Crippen molar-refractivity contribution >= 4 is 17.7 Å². The van der Waals surface area contributed by atoms with E-state index in [1.807, 2.05) is 49.4 Å². The van der Waals surface area contributed by atoms with Crippen molar-refractivity contribution in [2.24, 2.45) is 0 Å². The van der Waals surface area contributed by atoms with E-state index >= 15 is 0 Å². The van der Waals surface area contributed by atoms with Gasteiger partial charge in [-0.15, -0.1) is 0 Å². The van der Waals surface area contributed by atoms with Gasteiger partial charge in [-0.2, -0.15) is 11.8 Å². The fourth-order valence-corrected chi connectivity index (χ4v) is 3.65. The Hall–Kier alpha value is -2.02. The van der Waals surface area contributed by atoms with Crippen LogP contribution in [0.2, 0.25) is 0 Å². The summed E-state index contributed by atoms with van der Waals surface area (Å²) >= 11 is 1.74. The molecule has 0 spiro atoms. The number of carbonyl (C=O) groups excluding carboxylic acids is 1. The maximum Gasteiger partial charge on any atom is 0.238 e. The molecular weight excluding hydrogens is 372 g/mol. The first-order valence-corrected chi connectivity index (χ1v) is 10.7. The van der Waals surface area contributed by atoms with Crippen LogP contribution in [0.5, 0.6) is 5.75 Å². The zero-order valence-corrected chi connectivity index (χ0v) is 17.5. The molecule has 5 nitrogen and oxygen atoms in total. The summed E-state index contributed by atoms with van der Waals surface area (Å²) in [5.41, 5.74) is 2.43. The van der Waals surface area contributed by atoms with Crippen LogP contribution < -0.4 is 15.4 Å². The number of benzene rings is 2. The summed E-state index contributed by atoms with van der Waals surface area (Å²) in [6, 6.07) is 17.9. The quantitative estimate of drug-likeness (QED) is 0.398. The first-order valence-electron chi connectivity index (χ1n) is 9.56. The Kier molecular flexibility index (Phi) is 10.5. The van der Waals surface area contributed by atoms with E-state index in [9.17, 15) is 4.79 Å². The highest BCUT2D eigenvalue weighted by atomic mass is 32.2. The molecule has 0 saturated carbocycles. The molecule has 0 bridgehead atoms. The molecule has 1 atom stereocenters. The van der Waals surface area contributed by atoms with Gasteiger partial charge in [0.05, 0.1) is 19.9 Å². The van der Waals surface area contributed by atoms with Gasteiger partial charge in [0.25, 0.3) is 0 Å². The molecule has 2 aromatic rings. The van der Waals surface area contributed by atoms with Crippen molar-refractivity contribution in [3.05, 3.63) is 65.7 Å². The highest BCUT2D eigenvalue weighted by Crippen LogP contribution is 2.13. The molecule has 2 rings (SSSR count). The van der Waals surface area contributed by atoms with Crippen LogP contribution in [-0.2, 0) is 21.7 Å². The summed E-state index contributed by atoms with van der Waals surface area (Å²) in [5, 5.41) is 6.23. The van der Waals surface area contributed by atoms with Gasteiger partial charge in [-0.1, -0.05) is 42.5 Å². The number of hydrogen-bond donors (Lipinski definition) is 2. The smallest absolute Gasteiger partial charge is 0.238 e. The molecule has 0 aromatic heterocycles. The van der Waals surface area contributed by atoms with Crippen LogP contribution >= 0.6 is 11.8 Å². The third-order valence-electron chi connectivity index (χ3n) is 4.22. The number of methoxy groups -OCH3 is 1. The number of hydrogen-bond acceptors (Lipinski definition) is 5. The molecule has 0 aliphatic carbocycles. The van der Waals surface area contributed by atoms with Gasteiger partial charge >= 0.3 is 0 Å². The van der Waals surface area contributed by atoms with Crippen LogP contribution in [0.25, 0.3) is 0 Å². The fraction of sp³-hybridized carbons (Fsp3) is 0.409. The number of ether oxygens (including phenoxy) is 2. The molecule has 6 heteroatoms. The molecule has 0 aliphatic rings. The Bertz CT molecular complexity index is 680. The van der Waals surface area contributed by atoms with Gasteiger partial charge in [-0.25, -0.2) is 0 Å². The summed E-state index contributed by atoms with van der Waals surface area (Å²) in [4.78, 5) is 12.6. The normalized spacial score (nSPS) is 11.8. The van der Waals surface area contributed by atoms with Gasteiger partial charge in [0.15, 0.2) is 0 Å². The summed E-state index contributed by atoms with van der Waals surface area (Å²) in [6.45, 7) is 3.53. The van der Waals surface area contributed by atoms with Crippen molar-refractivity contribution in [2.75, 3.05) is 32.7 Å². The van der Waals surface area contributed by atoms with Crippen LogP contribution in [0.3, 0.4) is 0 Å². The van der Waals surface area contributed by atoms with Gasteiger partial charge in [-0.05, 0) is 36.6 Å². The SMILES string of the molecule is CCOCNC(CSCc1ccccc1)C(=O)NCCc1ccc(OC)cc1. The summed E-state index contributed by atoms with van der Waals surface area (Å²) in [6.07, 6.45) is 0.783. The predicted molar refractivity (Wildman–Crippen MR) is 116 cm³/mol. The van der Waals surface area contributed by atoms with Crippen molar-refractivity contribution in [3.63, 3.8) is 0 Å². The molecule has 0 saturated heterocycles. The van der Waals surface area contributed by atoms with Crippen LogP contribution in [0.15, 0.2) is 54.6 Å². The van der Waals surface area contributed by atoms with Crippen molar-refractivity contribution in [2.45, 2.75) is 25.1 Å². The highest BCUT2D eigenvalue weighted by Gasteiger charge is 2.17. The van der Waals surface area contributed by atoms with E-state index < -0.39 is 0 Å². The second-order valence-electron chi connectivity index (χ2n) is 6.28. The van der Waals surface area contributed by atoms with E-state index in [4.69, 9.17) is 9.47 Å². The second kappa shape index (κ2) is 13.2. The minimum atomic E-state index is -0.281. The fourth-order valence-electron chi connectivity index (χ4n) is 2.60. The second-order valence-corrected chi connectivity index (χ2v) is 7.31. The third-order valence-corrected chi connectivity index (χ3v) is 5.33. The molecule has 0 radical (unpaired) electrons. The van der Waals surface area contributed by atoms with Gasteiger partial charge < -0.3 is 14.8 Å². The molecule has 0 fully saturated rings. The van der Waals surface area contributed by atoms with Crippen LogP contribution in [0.1, 0.15) is 18.1 Å². The number of carbonyl (C=O) groups is 1. The van der Waals surface area contributed by atoms with E-state index in [-0.39, 0.29) is 11.9 Å². The Morgan fingerprint density at radius 1 is 1.07 bits per heavy atom. The monoisotopic (exact) mass is 402 g/mol. The number of nitrogens with one attached hydrogen (secondary N) is 2. The number of amides is 1. The lowest BCUT2D eigenvalue weighted by atomic mass is 10.1. The molecule has 28 heavy (non-hydrogen) atoms. The lowest BCUT2D eigenvalue weighted by Gasteiger charge is -2.18. The summed E-state index contributed by atoms with van der Waals surface area (Å²) in [5.74, 6) is 2.42. The third kappa shape index (κ3) is 8.33. The lowest BCUT2D eigenvalue weighted by molar-refractivity contribution is -0.123. The number of rotatable bonds is 13. The first-order chi connectivity index (χ1) is 13.7. The maximum absolute atomic E-state index is 12.6. The van der Waals surface area contributed by atoms with E-state index in [0.29, 0.717) is 25.6 Å². The minimum Gasteiger partial charge on any atom is -0.497 e. The molecule has 0 heterocycles. The van der Waals surface area contributed by atoms with Crippen LogP contribution in [-0.4, -0.2) is 44.7 Å². The molecular formula is C22H30N2O3S. The topological polar surface area (TPSA) is 59.6 Å². The first kappa shape index (κ1) is 22.3. The summed E-state index contributed by atoms with van der Waals surface area (Å²) in [7, 11) is 1.65. The Morgan fingerprint density at radius 3 is 2.50 bits per heavy atom. The van der Waals surface area contributed by atoms with Crippen molar-refractivity contribution < 1.29 is 14.3 Å². The van der Waals surface area contributed by atoms with E-state index in [0.717, 1.165) is 17.9 Å². The van der Waals surface area contributed by atoms with E-state index in [1.165, 1.54) is 11.1 Å². The lowest BCUT2D eigenvalue weighted by Crippen LogP contribution is -2.47. The zero-order chi connectivity index (χ0) is 20.0. The summed E-state index contributed by atoms with van der Waals surface area (Å²) < 4.78 is 10.5. The van der Waals surface area contributed by atoms with E-state index in [2.05, 4.69) is 22.8 Å². The van der Waals surface area contributed by atoms with Crippen molar-refractivity contribution in [3.8, 4) is 5.75 Å². The number of thioether (sulfide) groups is 1. The molecule has 2 N–H and O–H groups in total. The Morgan fingerprint density at radius 2 is 1.82 bits per heavy atom. The molecule has 1 amide bonds. The van der Waals surface area contributed by atoms with Gasteiger partial charge in [0.1, 0.15) is 5.75 Å². The van der Waals surface area contributed by atoms with Gasteiger partial charge in [0, 0.05) is 24.7 Å². The minimum absolute atomic E-state index is 0.00813. The average molecular weight is 403 g/mol. The van der Waals surface area contributed by atoms with Crippen LogP contribution in [0.4, 0.5) is 0 Å². The van der Waals surface area contributed by atoms with E-state index in [1.54, 1.807) is 18.9 Å². The van der Waals surface area contributed by atoms with Crippen LogP contribution in [0, 0.1) is 0 Å². The maximum atomic E-state index is 12.6. The molecule has 0 aliphatic heterocycles. The predicted octanol–water partition coefficient (Wildman–Crippen LogP) is 3.24. The highest BCUT2D eigenvalue weighted by molar-refractivity contribution is 7.98. The largest absolute Gasteiger partial charge is 0.497 e. The zero-order valence-electron chi connectivity index (χ0n) is 16.6. The average Bonchev–Trinajstić information content (AvgIpc) is 2.74. The Balaban J connectivity index is 1.77. The van der Waals surface area contributed by atoms with Crippen molar-refractivity contribution in [1.29, 1.82) is 0 Å². The van der Waals surface area contributed by atoms with Gasteiger partial charge in [0.2, 0.25) is 5.91 Å². The van der Waals surface area contributed by atoms with Crippen molar-refractivity contribution in [1.82, 2.24) is 10.6 Å².